The summed E-state index contributed by atoms with van der Waals surface area (Å²) in [4.78, 5) is 35.5. The van der Waals surface area contributed by atoms with Crippen molar-refractivity contribution in [2.24, 2.45) is 11.8 Å². The second kappa shape index (κ2) is 4.19. The first-order valence-electron chi connectivity index (χ1n) is 6.21. The SMILES string of the molecule is O=C(O)Cc1ccc(CN2C(=O)C3CC3C2=O)cc1. The minimum atomic E-state index is -0.877. The standard InChI is InChI=1S/C14H13NO4/c16-12(17)5-8-1-3-9(4-2-8)7-15-13(18)10-6-11(10)14(15)19/h1-4,10-11H,5-7H2,(H,16,17). The Labute approximate surface area is 109 Å². The summed E-state index contributed by atoms with van der Waals surface area (Å²) in [6.45, 7) is 0.290. The van der Waals surface area contributed by atoms with Crippen LogP contribution in [-0.2, 0) is 27.3 Å². The Morgan fingerprint density at radius 1 is 1.11 bits per heavy atom. The van der Waals surface area contributed by atoms with Gasteiger partial charge in [0.25, 0.3) is 0 Å². The minimum Gasteiger partial charge on any atom is -0.481 e. The van der Waals surface area contributed by atoms with Crippen LogP contribution in [0.15, 0.2) is 24.3 Å². The Balaban J connectivity index is 1.69. The number of carbonyl (C=O) groups excluding carboxylic acids is 2. The Kier molecular flexibility index (Phi) is 2.62. The Morgan fingerprint density at radius 3 is 2.16 bits per heavy atom. The van der Waals surface area contributed by atoms with Crippen LogP contribution < -0.4 is 0 Å². The number of likely N-dealkylation sites (tertiary alicyclic amines) is 1. The fourth-order valence-electron chi connectivity index (χ4n) is 2.53. The highest BCUT2D eigenvalue weighted by Gasteiger charge is 2.58. The predicted octanol–water partition coefficient (Wildman–Crippen LogP) is 0.819. The van der Waals surface area contributed by atoms with E-state index in [-0.39, 0.29) is 36.6 Å². The molecular weight excluding hydrogens is 246 g/mol. The highest BCUT2D eigenvalue weighted by Crippen LogP contribution is 2.47. The fraction of sp³-hybridized carbons (Fsp3) is 0.357. The third-order valence-electron chi connectivity index (χ3n) is 3.68. The largest absolute Gasteiger partial charge is 0.481 e. The van der Waals surface area contributed by atoms with Crippen LogP contribution in [0.1, 0.15) is 17.5 Å². The molecule has 0 bridgehead atoms. The average molecular weight is 259 g/mol. The van der Waals surface area contributed by atoms with Gasteiger partial charge < -0.3 is 5.11 Å². The molecular formula is C14H13NO4. The second-order valence-corrected chi connectivity index (χ2v) is 5.10. The fourth-order valence-corrected chi connectivity index (χ4v) is 2.53. The molecule has 0 aromatic heterocycles. The lowest BCUT2D eigenvalue weighted by atomic mass is 10.1. The Bertz CT molecular complexity index is 543. The van der Waals surface area contributed by atoms with Crippen molar-refractivity contribution in [1.82, 2.24) is 4.90 Å². The van der Waals surface area contributed by atoms with E-state index >= 15 is 0 Å². The molecule has 0 spiro atoms. The van der Waals surface area contributed by atoms with Gasteiger partial charge in [0.05, 0.1) is 24.8 Å². The number of rotatable bonds is 4. The van der Waals surface area contributed by atoms with Gasteiger partial charge in [-0.2, -0.15) is 0 Å². The third kappa shape index (κ3) is 2.12. The molecule has 1 saturated heterocycles. The molecule has 1 aliphatic heterocycles. The summed E-state index contributed by atoms with van der Waals surface area (Å²) in [7, 11) is 0. The lowest BCUT2D eigenvalue weighted by Gasteiger charge is -2.16. The summed E-state index contributed by atoms with van der Waals surface area (Å²) in [6.07, 6.45) is 0.692. The zero-order valence-corrected chi connectivity index (χ0v) is 10.2. The molecule has 1 aliphatic carbocycles. The maximum Gasteiger partial charge on any atom is 0.307 e. The number of carboxylic acids is 1. The van der Waals surface area contributed by atoms with Gasteiger partial charge >= 0.3 is 5.97 Å². The summed E-state index contributed by atoms with van der Waals surface area (Å²) < 4.78 is 0. The number of aliphatic carboxylic acids is 1. The molecule has 0 radical (unpaired) electrons. The summed E-state index contributed by atoms with van der Waals surface area (Å²) in [6, 6.07) is 6.97. The molecule has 2 amide bonds. The second-order valence-electron chi connectivity index (χ2n) is 5.10. The zero-order chi connectivity index (χ0) is 13.6. The zero-order valence-electron chi connectivity index (χ0n) is 10.2. The van der Waals surface area contributed by atoms with Crippen LogP contribution in [0.25, 0.3) is 0 Å². The maximum atomic E-state index is 11.8. The van der Waals surface area contributed by atoms with E-state index in [1.165, 1.54) is 4.90 Å². The van der Waals surface area contributed by atoms with Crippen LogP contribution in [0.5, 0.6) is 0 Å². The smallest absolute Gasteiger partial charge is 0.307 e. The number of nitrogens with zero attached hydrogens (tertiary/aromatic N) is 1. The molecule has 2 unspecified atom stereocenters. The lowest BCUT2D eigenvalue weighted by Crippen LogP contribution is -2.32. The summed E-state index contributed by atoms with van der Waals surface area (Å²) in [5.41, 5.74) is 1.55. The molecule has 2 aliphatic rings. The number of amides is 2. The van der Waals surface area contributed by atoms with Gasteiger partial charge in [0.1, 0.15) is 0 Å². The van der Waals surface area contributed by atoms with Gasteiger partial charge in [0.15, 0.2) is 0 Å². The van der Waals surface area contributed by atoms with Crippen LogP contribution in [0.4, 0.5) is 0 Å². The predicted molar refractivity (Wildman–Crippen MR) is 64.9 cm³/mol. The van der Waals surface area contributed by atoms with Crippen molar-refractivity contribution < 1.29 is 19.5 Å². The van der Waals surface area contributed by atoms with E-state index in [1.807, 2.05) is 0 Å². The van der Waals surface area contributed by atoms with Gasteiger partial charge in [-0.15, -0.1) is 0 Å². The first-order chi connectivity index (χ1) is 9.06. The van der Waals surface area contributed by atoms with Crippen molar-refractivity contribution in [1.29, 1.82) is 0 Å². The number of carboxylic acid groups (broad SMARTS) is 1. The molecule has 1 saturated carbocycles. The van der Waals surface area contributed by atoms with Gasteiger partial charge in [-0.3, -0.25) is 19.3 Å². The van der Waals surface area contributed by atoms with Crippen LogP contribution >= 0.6 is 0 Å². The molecule has 19 heavy (non-hydrogen) atoms. The monoisotopic (exact) mass is 259 g/mol. The number of imide groups is 1. The average Bonchev–Trinajstić information content (AvgIpc) is 3.11. The number of piperidine rings is 1. The topological polar surface area (TPSA) is 74.7 Å². The van der Waals surface area contributed by atoms with Crippen molar-refractivity contribution in [3.05, 3.63) is 35.4 Å². The van der Waals surface area contributed by atoms with E-state index in [0.717, 1.165) is 5.56 Å². The number of carbonyl (C=O) groups is 3. The van der Waals surface area contributed by atoms with Crippen LogP contribution in [0, 0.1) is 11.8 Å². The van der Waals surface area contributed by atoms with E-state index in [9.17, 15) is 14.4 Å². The number of benzene rings is 1. The molecule has 1 heterocycles. The van der Waals surface area contributed by atoms with Crippen LogP contribution in [0.3, 0.4) is 0 Å². The van der Waals surface area contributed by atoms with Gasteiger partial charge in [0, 0.05) is 0 Å². The molecule has 1 N–H and O–H groups in total. The maximum absolute atomic E-state index is 11.8. The molecule has 3 rings (SSSR count). The molecule has 1 aromatic rings. The van der Waals surface area contributed by atoms with Crippen LogP contribution in [0.2, 0.25) is 0 Å². The van der Waals surface area contributed by atoms with E-state index in [4.69, 9.17) is 5.11 Å². The first-order valence-corrected chi connectivity index (χ1v) is 6.21. The van der Waals surface area contributed by atoms with Crippen molar-refractivity contribution >= 4 is 17.8 Å². The van der Waals surface area contributed by atoms with E-state index in [0.29, 0.717) is 12.0 Å². The number of hydrogen-bond acceptors (Lipinski definition) is 3. The van der Waals surface area contributed by atoms with Crippen LogP contribution in [-0.4, -0.2) is 27.8 Å². The molecule has 1 aromatic carbocycles. The highest BCUT2D eigenvalue weighted by atomic mass is 16.4. The summed E-state index contributed by atoms with van der Waals surface area (Å²) in [5.74, 6) is -1.15. The van der Waals surface area contributed by atoms with E-state index in [2.05, 4.69) is 0 Å². The van der Waals surface area contributed by atoms with Crippen molar-refractivity contribution in [3.8, 4) is 0 Å². The highest BCUT2D eigenvalue weighted by molar-refractivity contribution is 6.08. The van der Waals surface area contributed by atoms with Gasteiger partial charge in [-0.05, 0) is 17.5 Å². The third-order valence-corrected chi connectivity index (χ3v) is 3.68. The van der Waals surface area contributed by atoms with Gasteiger partial charge in [-0.1, -0.05) is 24.3 Å². The quantitative estimate of drug-likeness (QED) is 0.812. The van der Waals surface area contributed by atoms with Gasteiger partial charge in [-0.25, -0.2) is 0 Å². The first kappa shape index (κ1) is 11.9. The van der Waals surface area contributed by atoms with E-state index in [1.54, 1.807) is 24.3 Å². The summed E-state index contributed by atoms with van der Waals surface area (Å²) >= 11 is 0. The molecule has 98 valence electrons. The lowest BCUT2D eigenvalue weighted by molar-refractivity contribution is -0.142. The van der Waals surface area contributed by atoms with Crippen molar-refractivity contribution in [2.75, 3.05) is 0 Å². The summed E-state index contributed by atoms with van der Waals surface area (Å²) in [5, 5.41) is 8.67. The van der Waals surface area contributed by atoms with Crippen molar-refractivity contribution in [3.63, 3.8) is 0 Å². The Hall–Kier alpha value is -2.17. The molecule has 2 atom stereocenters. The van der Waals surface area contributed by atoms with Crippen molar-refractivity contribution in [2.45, 2.75) is 19.4 Å². The molecule has 2 fully saturated rings. The molecule has 5 nitrogen and oxygen atoms in total. The Morgan fingerprint density at radius 2 is 1.63 bits per heavy atom. The van der Waals surface area contributed by atoms with Gasteiger partial charge in [0.2, 0.25) is 11.8 Å². The van der Waals surface area contributed by atoms with E-state index < -0.39 is 5.97 Å². The number of fused-ring (bicyclic) bond motifs is 1. The minimum absolute atomic E-state index is 0.0218. The normalized spacial score (nSPS) is 24.5. The molecule has 5 heteroatoms. The number of hydrogen-bond donors (Lipinski definition) is 1.